The number of cyclic esters (lactones) is 1. The standard InChI is InChI=1S/C22H31N7O2/c1-15(2)18-14-31-22(30)29(18)20-7-8-23-21(27-20)26-16(3)17-11-24-19(25-12-17)13-28-9-5-4-6-10-28/h7-8,11-12,15-16,18H,4-6,9-10,13-14H2,1-3H3,(H,23,26,27)/t16?,18-/m1/s1. The van der Waals surface area contributed by atoms with Crippen LogP contribution in [0.4, 0.5) is 16.6 Å². The second kappa shape index (κ2) is 9.55. The van der Waals surface area contributed by atoms with Crippen LogP contribution >= 0.6 is 0 Å². The zero-order valence-corrected chi connectivity index (χ0v) is 18.5. The molecule has 0 aromatic carbocycles. The molecule has 2 aliphatic heterocycles. The fourth-order valence-corrected chi connectivity index (χ4v) is 4.01. The van der Waals surface area contributed by atoms with Crippen LogP contribution < -0.4 is 10.2 Å². The van der Waals surface area contributed by atoms with Gasteiger partial charge in [0, 0.05) is 24.2 Å². The number of carbonyl (C=O) groups excluding carboxylic acids is 1. The summed E-state index contributed by atoms with van der Waals surface area (Å²) >= 11 is 0. The molecule has 0 radical (unpaired) electrons. The number of amides is 1. The van der Waals surface area contributed by atoms with Crippen molar-refractivity contribution in [3.05, 3.63) is 36.0 Å². The largest absolute Gasteiger partial charge is 0.447 e. The molecule has 2 atom stereocenters. The quantitative estimate of drug-likeness (QED) is 0.721. The first kappa shape index (κ1) is 21.4. The summed E-state index contributed by atoms with van der Waals surface area (Å²) in [7, 11) is 0. The fourth-order valence-electron chi connectivity index (χ4n) is 4.01. The molecular formula is C22H31N7O2. The Morgan fingerprint density at radius 2 is 1.87 bits per heavy atom. The molecule has 2 aromatic heterocycles. The van der Waals surface area contributed by atoms with Crippen LogP contribution in [0.5, 0.6) is 0 Å². The Morgan fingerprint density at radius 1 is 1.13 bits per heavy atom. The van der Waals surface area contributed by atoms with E-state index in [1.165, 1.54) is 19.3 Å². The van der Waals surface area contributed by atoms with E-state index in [-0.39, 0.29) is 24.1 Å². The molecule has 0 bridgehead atoms. The highest BCUT2D eigenvalue weighted by Gasteiger charge is 2.37. The number of likely N-dealkylation sites (tertiary alicyclic amines) is 1. The van der Waals surface area contributed by atoms with Gasteiger partial charge in [-0.3, -0.25) is 9.80 Å². The molecule has 2 fully saturated rings. The first-order chi connectivity index (χ1) is 15.0. The highest BCUT2D eigenvalue weighted by molar-refractivity contribution is 5.89. The summed E-state index contributed by atoms with van der Waals surface area (Å²) in [5.74, 6) is 2.10. The van der Waals surface area contributed by atoms with Gasteiger partial charge in [0.1, 0.15) is 18.2 Å². The normalized spacial score (nSPS) is 20.7. The van der Waals surface area contributed by atoms with Crippen LogP contribution in [-0.4, -0.2) is 56.7 Å². The minimum atomic E-state index is -0.367. The van der Waals surface area contributed by atoms with E-state index < -0.39 is 0 Å². The second-order valence-electron chi connectivity index (χ2n) is 8.63. The van der Waals surface area contributed by atoms with Crippen molar-refractivity contribution >= 4 is 17.9 Å². The monoisotopic (exact) mass is 425 g/mol. The highest BCUT2D eigenvalue weighted by atomic mass is 16.6. The zero-order chi connectivity index (χ0) is 21.8. The van der Waals surface area contributed by atoms with Crippen LogP contribution in [0.25, 0.3) is 0 Å². The number of hydrogen-bond donors (Lipinski definition) is 1. The van der Waals surface area contributed by atoms with E-state index in [0.717, 1.165) is 31.0 Å². The van der Waals surface area contributed by atoms with E-state index in [1.54, 1.807) is 17.2 Å². The number of hydrogen-bond acceptors (Lipinski definition) is 8. The summed E-state index contributed by atoms with van der Waals surface area (Å²) in [4.78, 5) is 34.2. The number of anilines is 2. The maximum Gasteiger partial charge on any atom is 0.415 e. The molecule has 1 N–H and O–H groups in total. The van der Waals surface area contributed by atoms with Crippen LogP contribution in [0.2, 0.25) is 0 Å². The Bertz CT molecular complexity index is 884. The molecule has 0 saturated carbocycles. The van der Waals surface area contributed by atoms with E-state index in [2.05, 4.69) is 44.0 Å². The molecule has 9 heteroatoms. The number of nitrogens with zero attached hydrogens (tertiary/aromatic N) is 6. The third-order valence-corrected chi connectivity index (χ3v) is 5.95. The third-order valence-electron chi connectivity index (χ3n) is 5.95. The van der Waals surface area contributed by atoms with Gasteiger partial charge in [-0.2, -0.15) is 4.98 Å². The van der Waals surface area contributed by atoms with Crippen LogP contribution in [0.1, 0.15) is 57.5 Å². The van der Waals surface area contributed by atoms with Crippen molar-refractivity contribution < 1.29 is 9.53 Å². The van der Waals surface area contributed by atoms with Gasteiger partial charge in [-0.1, -0.05) is 20.3 Å². The Balaban J connectivity index is 1.41. The molecule has 1 unspecified atom stereocenters. The lowest BCUT2D eigenvalue weighted by Crippen LogP contribution is -2.37. The zero-order valence-electron chi connectivity index (χ0n) is 18.5. The van der Waals surface area contributed by atoms with Gasteiger partial charge in [0.15, 0.2) is 0 Å². The van der Waals surface area contributed by atoms with Crippen LogP contribution in [0.15, 0.2) is 24.7 Å². The number of nitrogens with one attached hydrogen (secondary N) is 1. The summed E-state index contributed by atoms with van der Waals surface area (Å²) in [6.45, 7) is 9.57. The summed E-state index contributed by atoms with van der Waals surface area (Å²) in [6, 6.07) is 1.62. The molecule has 2 saturated heterocycles. The van der Waals surface area contributed by atoms with Crippen LogP contribution in [0, 0.1) is 5.92 Å². The van der Waals surface area contributed by atoms with Gasteiger partial charge in [0.2, 0.25) is 5.95 Å². The SMILES string of the molecule is CC(Nc1nccc(N2C(=O)OC[C@@H]2C(C)C)n1)c1cnc(CN2CCCCC2)nc1. The Kier molecular flexibility index (Phi) is 6.60. The van der Waals surface area contributed by atoms with Crippen molar-refractivity contribution in [2.75, 3.05) is 29.9 Å². The molecule has 4 heterocycles. The number of carbonyl (C=O) groups is 1. The predicted octanol–water partition coefficient (Wildman–Crippen LogP) is 3.41. The summed E-state index contributed by atoms with van der Waals surface area (Å²) < 4.78 is 5.24. The van der Waals surface area contributed by atoms with E-state index in [0.29, 0.717) is 18.4 Å². The lowest BCUT2D eigenvalue weighted by atomic mass is 10.0. The molecule has 166 valence electrons. The van der Waals surface area contributed by atoms with Crippen LogP contribution in [0.3, 0.4) is 0 Å². The predicted molar refractivity (Wildman–Crippen MR) is 118 cm³/mol. The number of rotatable bonds is 7. The van der Waals surface area contributed by atoms with Crippen molar-refractivity contribution in [3.8, 4) is 0 Å². The number of ether oxygens (including phenoxy) is 1. The van der Waals surface area contributed by atoms with Crippen molar-refractivity contribution in [3.63, 3.8) is 0 Å². The Morgan fingerprint density at radius 3 is 2.58 bits per heavy atom. The maximum atomic E-state index is 12.2. The van der Waals surface area contributed by atoms with Crippen molar-refractivity contribution in [2.45, 2.75) is 58.7 Å². The van der Waals surface area contributed by atoms with Crippen molar-refractivity contribution in [2.24, 2.45) is 5.92 Å². The Hall–Kier alpha value is -2.81. The van der Waals surface area contributed by atoms with Gasteiger partial charge in [0.05, 0.1) is 18.6 Å². The van der Waals surface area contributed by atoms with E-state index >= 15 is 0 Å². The third kappa shape index (κ3) is 5.10. The number of piperidine rings is 1. The molecule has 1 amide bonds. The first-order valence-electron chi connectivity index (χ1n) is 11.1. The molecular weight excluding hydrogens is 394 g/mol. The second-order valence-corrected chi connectivity index (χ2v) is 8.63. The first-order valence-corrected chi connectivity index (χ1v) is 11.1. The van der Waals surface area contributed by atoms with Crippen molar-refractivity contribution in [1.29, 1.82) is 0 Å². The molecule has 0 spiro atoms. The lowest BCUT2D eigenvalue weighted by molar-refractivity contribution is 0.177. The Labute approximate surface area is 183 Å². The molecule has 2 aliphatic rings. The van der Waals surface area contributed by atoms with E-state index in [1.807, 2.05) is 19.3 Å². The molecule has 9 nitrogen and oxygen atoms in total. The smallest absolute Gasteiger partial charge is 0.415 e. The van der Waals surface area contributed by atoms with Gasteiger partial charge in [-0.25, -0.2) is 19.7 Å². The average molecular weight is 426 g/mol. The van der Waals surface area contributed by atoms with Gasteiger partial charge in [-0.15, -0.1) is 0 Å². The highest BCUT2D eigenvalue weighted by Crippen LogP contribution is 2.26. The van der Waals surface area contributed by atoms with Crippen molar-refractivity contribution in [1.82, 2.24) is 24.8 Å². The van der Waals surface area contributed by atoms with Crippen LogP contribution in [-0.2, 0) is 11.3 Å². The molecule has 2 aromatic rings. The fraction of sp³-hybridized carbons (Fsp3) is 0.591. The minimum Gasteiger partial charge on any atom is -0.447 e. The topological polar surface area (TPSA) is 96.4 Å². The minimum absolute atomic E-state index is 0.0338. The van der Waals surface area contributed by atoms with E-state index in [4.69, 9.17) is 4.74 Å². The molecule has 4 rings (SSSR count). The molecule has 31 heavy (non-hydrogen) atoms. The maximum absolute atomic E-state index is 12.2. The van der Waals surface area contributed by atoms with Gasteiger partial charge in [-0.05, 0) is 44.8 Å². The van der Waals surface area contributed by atoms with Gasteiger partial charge < -0.3 is 10.1 Å². The lowest BCUT2D eigenvalue weighted by Gasteiger charge is -2.25. The van der Waals surface area contributed by atoms with Gasteiger partial charge >= 0.3 is 6.09 Å². The van der Waals surface area contributed by atoms with E-state index in [9.17, 15) is 4.79 Å². The average Bonchev–Trinajstić information content (AvgIpc) is 3.17. The summed E-state index contributed by atoms with van der Waals surface area (Å²) in [5, 5.41) is 3.29. The molecule has 0 aliphatic carbocycles. The van der Waals surface area contributed by atoms with Gasteiger partial charge in [0.25, 0.3) is 0 Å². The summed E-state index contributed by atoms with van der Waals surface area (Å²) in [5.41, 5.74) is 0.956. The summed E-state index contributed by atoms with van der Waals surface area (Å²) in [6.07, 6.45) is 8.84. The number of aromatic nitrogens is 4.